The van der Waals surface area contributed by atoms with Crippen LogP contribution in [0.3, 0.4) is 0 Å². The highest BCUT2D eigenvalue weighted by atomic mass is 32.2. The highest BCUT2D eigenvalue weighted by Crippen LogP contribution is 2.33. The number of benzene rings is 1. The van der Waals surface area contributed by atoms with E-state index in [0.29, 0.717) is 6.04 Å². The van der Waals surface area contributed by atoms with Crippen LogP contribution in [0.2, 0.25) is 0 Å². The second-order valence-electron chi connectivity index (χ2n) is 5.73. The van der Waals surface area contributed by atoms with Crippen molar-refractivity contribution in [2.45, 2.75) is 43.0 Å². The molecule has 0 amide bonds. The molecule has 0 unspecified atom stereocenters. The Morgan fingerprint density at radius 2 is 1.82 bits per heavy atom. The summed E-state index contributed by atoms with van der Waals surface area (Å²) in [5.74, 6) is 0. The zero-order valence-electron chi connectivity index (χ0n) is 13.0. The molecule has 1 fully saturated rings. The van der Waals surface area contributed by atoms with Gasteiger partial charge in [0.15, 0.2) is 0 Å². The van der Waals surface area contributed by atoms with Crippen molar-refractivity contribution in [3.63, 3.8) is 0 Å². The molecule has 1 aliphatic rings. The number of hydrogen-bond donors (Lipinski definition) is 2. The van der Waals surface area contributed by atoms with Crippen LogP contribution < -0.4 is 10.0 Å². The van der Waals surface area contributed by atoms with E-state index in [1.807, 2.05) is 19.4 Å². The van der Waals surface area contributed by atoms with Gasteiger partial charge >= 0.3 is 0 Å². The Morgan fingerprint density at radius 1 is 1.05 bits per heavy atom. The van der Waals surface area contributed by atoms with Gasteiger partial charge in [-0.2, -0.15) is 0 Å². The molecule has 2 aromatic rings. The molecule has 3 nitrogen and oxygen atoms in total. The van der Waals surface area contributed by atoms with Gasteiger partial charge in [-0.1, -0.05) is 19.3 Å². The number of nitrogens with zero attached hydrogens (tertiary/aromatic N) is 1. The van der Waals surface area contributed by atoms with Gasteiger partial charge in [-0.25, -0.2) is 0 Å². The van der Waals surface area contributed by atoms with Gasteiger partial charge in [-0.15, -0.1) is 0 Å². The normalized spacial score (nSPS) is 15.7. The summed E-state index contributed by atoms with van der Waals surface area (Å²) in [7, 11) is 1.95. The molecule has 22 heavy (non-hydrogen) atoms. The molecule has 1 heterocycles. The third kappa shape index (κ3) is 3.81. The van der Waals surface area contributed by atoms with Crippen molar-refractivity contribution in [1.29, 1.82) is 0 Å². The average molecular weight is 313 g/mol. The van der Waals surface area contributed by atoms with E-state index in [2.05, 4.69) is 45.4 Å². The van der Waals surface area contributed by atoms with Crippen molar-refractivity contribution in [2.24, 2.45) is 0 Å². The van der Waals surface area contributed by atoms with Gasteiger partial charge in [0.25, 0.3) is 0 Å². The fraction of sp³-hybridized carbons (Fsp3) is 0.389. The molecule has 1 aliphatic carbocycles. The molecule has 0 saturated heterocycles. The van der Waals surface area contributed by atoms with Crippen LogP contribution >= 0.6 is 11.9 Å². The molecule has 3 rings (SSSR count). The number of rotatable bonds is 5. The van der Waals surface area contributed by atoms with Crippen LogP contribution in [-0.2, 0) is 0 Å². The Morgan fingerprint density at radius 3 is 2.55 bits per heavy atom. The molecule has 1 aromatic carbocycles. The fourth-order valence-corrected chi connectivity index (χ4v) is 3.62. The maximum absolute atomic E-state index is 4.14. The van der Waals surface area contributed by atoms with Crippen LogP contribution in [0.4, 0.5) is 5.69 Å². The predicted molar refractivity (Wildman–Crippen MR) is 95.1 cm³/mol. The summed E-state index contributed by atoms with van der Waals surface area (Å²) in [5, 5.41) is 3.77. The Balaban J connectivity index is 1.90. The zero-order chi connectivity index (χ0) is 15.2. The summed E-state index contributed by atoms with van der Waals surface area (Å²) in [6.07, 6.45) is 10.3. The summed E-state index contributed by atoms with van der Waals surface area (Å²) in [6.45, 7) is 0. The quantitative estimate of drug-likeness (QED) is 0.783. The van der Waals surface area contributed by atoms with E-state index in [9.17, 15) is 0 Å². The Labute approximate surface area is 137 Å². The summed E-state index contributed by atoms with van der Waals surface area (Å²) in [5.41, 5.74) is 3.71. The summed E-state index contributed by atoms with van der Waals surface area (Å²) >= 11 is 1.65. The van der Waals surface area contributed by atoms with Crippen LogP contribution in [-0.4, -0.2) is 18.1 Å². The first-order valence-corrected chi connectivity index (χ1v) is 8.83. The van der Waals surface area contributed by atoms with Crippen molar-refractivity contribution in [3.8, 4) is 11.1 Å². The smallest absolute Gasteiger partial charge is 0.0422 e. The van der Waals surface area contributed by atoms with Crippen LogP contribution in [0.1, 0.15) is 32.1 Å². The van der Waals surface area contributed by atoms with Gasteiger partial charge in [0, 0.05) is 34.6 Å². The van der Waals surface area contributed by atoms with Crippen molar-refractivity contribution in [3.05, 3.63) is 42.7 Å². The SMILES string of the molecule is CNSc1ccc(NC2CCCCC2)c(-c2ccncc2)c1. The van der Waals surface area contributed by atoms with E-state index in [0.717, 1.165) is 0 Å². The van der Waals surface area contributed by atoms with Crippen molar-refractivity contribution in [1.82, 2.24) is 9.71 Å². The number of aromatic nitrogens is 1. The van der Waals surface area contributed by atoms with E-state index >= 15 is 0 Å². The largest absolute Gasteiger partial charge is 0.382 e. The lowest BCUT2D eigenvalue weighted by molar-refractivity contribution is 0.463. The third-order valence-corrected chi connectivity index (χ3v) is 4.86. The van der Waals surface area contributed by atoms with Crippen LogP contribution in [0.25, 0.3) is 11.1 Å². The minimum atomic E-state index is 0.608. The summed E-state index contributed by atoms with van der Waals surface area (Å²) in [6, 6.07) is 11.4. The van der Waals surface area contributed by atoms with E-state index in [4.69, 9.17) is 0 Å². The topological polar surface area (TPSA) is 37.0 Å². The van der Waals surface area contributed by atoms with Gasteiger partial charge in [-0.05, 0) is 67.7 Å². The van der Waals surface area contributed by atoms with E-state index in [-0.39, 0.29) is 0 Å². The first-order chi connectivity index (χ1) is 10.9. The van der Waals surface area contributed by atoms with Crippen LogP contribution in [0.5, 0.6) is 0 Å². The summed E-state index contributed by atoms with van der Waals surface area (Å²) < 4.78 is 3.15. The number of anilines is 1. The second-order valence-corrected chi connectivity index (χ2v) is 6.81. The highest BCUT2D eigenvalue weighted by Gasteiger charge is 2.15. The molecule has 0 spiro atoms. The Bertz CT molecular complexity index is 595. The zero-order valence-corrected chi connectivity index (χ0v) is 13.8. The molecular weight excluding hydrogens is 290 g/mol. The molecule has 4 heteroatoms. The minimum absolute atomic E-state index is 0.608. The molecule has 0 bridgehead atoms. The molecule has 1 aromatic heterocycles. The predicted octanol–water partition coefficient (Wildman–Crippen LogP) is 4.72. The Kier molecular flexibility index (Phi) is 5.35. The number of hydrogen-bond acceptors (Lipinski definition) is 4. The van der Waals surface area contributed by atoms with E-state index < -0.39 is 0 Å². The molecule has 2 N–H and O–H groups in total. The average Bonchev–Trinajstić information content (AvgIpc) is 2.58. The first-order valence-electron chi connectivity index (χ1n) is 8.01. The van der Waals surface area contributed by atoms with Gasteiger partial charge < -0.3 is 5.32 Å². The minimum Gasteiger partial charge on any atom is -0.382 e. The maximum atomic E-state index is 4.14. The molecule has 0 atom stereocenters. The molecule has 0 aliphatic heterocycles. The number of pyridine rings is 1. The van der Waals surface area contributed by atoms with Crippen molar-refractivity contribution in [2.75, 3.05) is 12.4 Å². The van der Waals surface area contributed by atoms with Gasteiger partial charge in [-0.3, -0.25) is 9.71 Å². The lowest BCUT2D eigenvalue weighted by Gasteiger charge is -2.25. The van der Waals surface area contributed by atoms with Gasteiger partial charge in [0.2, 0.25) is 0 Å². The van der Waals surface area contributed by atoms with Gasteiger partial charge in [0.1, 0.15) is 0 Å². The monoisotopic (exact) mass is 313 g/mol. The van der Waals surface area contributed by atoms with Crippen LogP contribution in [0.15, 0.2) is 47.6 Å². The van der Waals surface area contributed by atoms with Crippen molar-refractivity contribution >= 4 is 17.6 Å². The second kappa shape index (κ2) is 7.65. The highest BCUT2D eigenvalue weighted by molar-refractivity contribution is 7.97. The third-order valence-electron chi connectivity index (χ3n) is 4.17. The fourth-order valence-electron chi connectivity index (χ4n) is 3.07. The Hall–Kier alpha value is -1.52. The molecular formula is C18H23N3S. The maximum Gasteiger partial charge on any atom is 0.0422 e. The molecule has 116 valence electrons. The van der Waals surface area contributed by atoms with E-state index in [1.54, 1.807) is 11.9 Å². The van der Waals surface area contributed by atoms with E-state index in [1.165, 1.54) is 53.8 Å². The van der Waals surface area contributed by atoms with Gasteiger partial charge in [0.05, 0.1) is 0 Å². The summed E-state index contributed by atoms with van der Waals surface area (Å²) in [4.78, 5) is 5.36. The lowest BCUT2D eigenvalue weighted by atomic mass is 9.94. The first kappa shape index (κ1) is 15.4. The number of nitrogens with one attached hydrogen (secondary N) is 2. The van der Waals surface area contributed by atoms with Crippen molar-refractivity contribution < 1.29 is 0 Å². The molecule has 1 saturated carbocycles. The lowest BCUT2D eigenvalue weighted by Crippen LogP contribution is -2.22. The standard InChI is InChI=1S/C18H23N3S/c1-19-22-16-7-8-18(21-15-5-3-2-4-6-15)17(13-16)14-9-11-20-12-10-14/h7-13,15,19,21H,2-6H2,1H3. The van der Waals surface area contributed by atoms with Crippen LogP contribution in [0, 0.1) is 0 Å². The molecule has 0 radical (unpaired) electrons.